The smallest absolute Gasteiger partial charge is 0.493 e. The van der Waals surface area contributed by atoms with Gasteiger partial charge in [-0.25, -0.2) is 10.2 Å². The highest BCUT2D eigenvalue weighted by atomic mass is 16.7. The Balaban J connectivity index is 1.40. The number of hydrogen-bond acceptors (Lipinski definition) is 8. The molecule has 2 aromatic carbocycles. The summed E-state index contributed by atoms with van der Waals surface area (Å²) in [6.07, 6.45) is 5.02. The predicted octanol–water partition coefficient (Wildman–Crippen LogP) is 2.75. The standard InChI is InChI=1S/C25H29N3O7/c1-3-33-25(31)35-21-11-8-17(12-22(21)32-2)14-27-28-23(29)15-26-24(30)16-34-20-10-9-18-6-4-5-7-19(18)13-20/h8-14H,3-7,15-16H2,1-2H3,(H,26,30)(H,28,29). The summed E-state index contributed by atoms with van der Waals surface area (Å²) in [6.45, 7) is 1.42. The van der Waals surface area contributed by atoms with Crippen molar-refractivity contribution in [2.75, 3.05) is 26.9 Å². The van der Waals surface area contributed by atoms with E-state index in [9.17, 15) is 14.4 Å². The number of benzene rings is 2. The number of nitrogens with zero attached hydrogens (tertiary/aromatic N) is 1. The van der Waals surface area contributed by atoms with Gasteiger partial charge in [-0.05, 0) is 79.6 Å². The maximum absolute atomic E-state index is 12.0. The third-order valence-corrected chi connectivity index (χ3v) is 5.18. The van der Waals surface area contributed by atoms with E-state index in [4.69, 9.17) is 18.9 Å². The molecule has 0 atom stereocenters. The Morgan fingerprint density at radius 3 is 2.57 bits per heavy atom. The first-order valence-corrected chi connectivity index (χ1v) is 11.3. The molecule has 0 unspecified atom stereocenters. The summed E-state index contributed by atoms with van der Waals surface area (Å²) in [6, 6.07) is 10.6. The van der Waals surface area contributed by atoms with E-state index in [0.717, 1.165) is 19.3 Å². The number of hydrazone groups is 1. The monoisotopic (exact) mass is 483 g/mol. The molecule has 0 aromatic heterocycles. The molecule has 0 radical (unpaired) electrons. The van der Waals surface area contributed by atoms with E-state index in [1.54, 1.807) is 19.1 Å². The molecule has 10 nitrogen and oxygen atoms in total. The van der Waals surface area contributed by atoms with E-state index in [-0.39, 0.29) is 25.5 Å². The molecule has 0 bridgehead atoms. The molecule has 186 valence electrons. The summed E-state index contributed by atoms with van der Waals surface area (Å²) < 4.78 is 20.5. The summed E-state index contributed by atoms with van der Waals surface area (Å²) in [5.41, 5.74) is 5.51. The molecular formula is C25H29N3O7. The molecule has 0 spiro atoms. The second-order valence-corrected chi connectivity index (χ2v) is 7.69. The van der Waals surface area contributed by atoms with Crippen LogP contribution in [0.5, 0.6) is 17.2 Å². The Hall–Kier alpha value is -4.08. The highest BCUT2D eigenvalue weighted by Gasteiger charge is 2.12. The molecule has 1 aliphatic carbocycles. The minimum Gasteiger partial charge on any atom is -0.493 e. The minimum atomic E-state index is -0.838. The Labute approximate surface area is 203 Å². The van der Waals surface area contributed by atoms with Gasteiger partial charge in [-0.1, -0.05) is 6.07 Å². The molecule has 3 rings (SSSR count). The zero-order valence-electron chi connectivity index (χ0n) is 19.8. The van der Waals surface area contributed by atoms with E-state index in [1.807, 2.05) is 18.2 Å². The maximum atomic E-state index is 12.0. The van der Waals surface area contributed by atoms with Gasteiger partial charge in [0.2, 0.25) is 0 Å². The number of carbonyl (C=O) groups is 3. The third-order valence-electron chi connectivity index (χ3n) is 5.18. The number of hydrogen-bond donors (Lipinski definition) is 2. The minimum absolute atomic E-state index is 0.185. The average molecular weight is 484 g/mol. The lowest BCUT2D eigenvalue weighted by Gasteiger charge is -2.16. The molecule has 0 saturated carbocycles. The van der Waals surface area contributed by atoms with Gasteiger partial charge < -0.3 is 24.3 Å². The van der Waals surface area contributed by atoms with Crippen LogP contribution >= 0.6 is 0 Å². The molecule has 35 heavy (non-hydrogen) atoms. The normalized spacial score (nSPS) is 12.4. The first-order valence-electron chi connectivity index (χ1n) is 11.3. The molecule has 2 N–H and O–H groups in total. The highest BCUT2D eigenvalue weighted by Crippen LogP contribution is 2.28. The fraction of sp³-hybridized carbons (Fsp3) is 0.360. The van der Waals surface area contributed by atoms with Crippen molar-refractivity contribution < 1.29 is 33.3 Å². The number of amides is 2. The van der Waals surface area contributed by atoms with E-state index in [1.165, 1.54) is 36.9 Å². The van der Waals surface area contributed by atoms with E-state index in [2.05, 4.69) is 15.8 Å². The molecule has 0 saturated heterocycles. The zero-order valence-corrected chi connectivity index (χ0v) is 19.8. The van der Waals surface area contributed by atoms with E-state index in [0.29, 0.717) is 17.1 Å². The van der Waals surface area contributed by atoms with Crippen molar-refractivity contribution in [3.05, 3.63) is 53.1 Å². The van der Waals surface area contributed by atoms with Crippen LogP contribution in [-0.4, -0.2) is 51.1 Å². The molecule has 2 amide bonds. The van der Waals surface area contributed by atoms with Crippen LogP contribution in [0.15, 0.2) is 41.5 Å². The molecular weight excluding hydrogens is 454 g/mol. The number of aryl methyl sites for hydroxylation is 2. The predicted molar refractivity (Wildman–Crippen MR) is 128 cm³/mol. The Morgan fingerprint density at radius 1 is 1.00 bits per heavy atom. The van der Waals surface area contributed by atoms with E-state index < -0.39 is 18.0 Å². The van der Waals surface area contributed by atoms with E-state index >= 15 is 0 Å². The molecule has 1 aliphatic rings. The van der Waals surface area contributed by atoms with Gasteiger partial charge in [-0.3, -0.25) is 9.59 Å². The Morgan fingerprint density at radius 2 is 1.80 bits per heavy atom. The second kappa shape index (κ2) is 13.0. The van der Waals surface area contributed by atoms with Crippen molar-refractivity contribution in [1.82, 2.24) is 10.7 Å². The quantitative estimate of drug-likeness (QED) is 0.230. The van der Waals surface area contributed by atoms with Crippen LogP contribution in [0.2, 0.25) is 0 Å². The molecule has 0 fully saturated rings. The van der Waals surface area contributed by atoms with Gasteiger partial charge >= 0.3 is 6.16 Å². The van der Waals surface area contributed by atoms with Crippen molar-refractivity contribution in [2.24, 2.45) is 5.10 Å². The van der Waals surface area contributed by atoms with Gasteiger partial charge in [0, 0.05) is 0 Å². The van der Waals surface area contributed by atoms with Gasteiger partial charge in [0.15, 0.2) is 18.1 Å². The molecule has 0 aliphatic heterocycles. The van der Waals surface area contributed by atoms with Crippen molar-refractivity contribution >= 4 is 24.2 Å². The van der Waals surface area contributed by atoms with Crippen molar-refractivity contribution in [2.45, 2.75) is 32.6 Å². The summed E-state index contributed by atoms with van der Waals surface area (Å²) in [7, 11) is 1.42. The molecule has 2 aromatic rings. The lowest BCUT2D eigenvalue weighted by atomic mass is 9.92. The fourth-order valence-corrected chi connectivity index (χ4v) is 3.48. The number of ether oxygens (including phenoxy) is 4. The second-order valence-electron chi connectivity index (χ2n) is 7.69. The van der Waals surface area contributed by atoms with Crippen LogP contribution in [0.3, 0.4) is 0 Å². The first kappa shape index (κ1) is 25.5. The van der Waals surface area contributed by atoms with Crippen molar-refractivity contribution in [1.29, 1.82) is 0 Å². The third kappa shape index (κ3) is 8.02. The maximum Gasteiger partial charge on any atom is 0.513 e. The van der Waals surface area contributed by atoms with Crippen molar-refractivity contribution in [3.8, 4) is 17.2 Å². The molecule has 10 heteroatoms. The fourth-order valence-electron chi connectivity index (χ4n) is 3.48. The van der Waals surface area contributed by atoms with Gasteiger partial charge in [-0.2, -0.15) is 5.10 Å². The topological polar surface area (TPSA) is 125 Å². The zero-order chi connectivity index (χ0) is 25.0. The number of methoxy groups -OCH3 is 1. The Kier molecular flexibility index (Phi) is 9.47. The Bertz CT molecular complexity index is 1080. The number of rotatable bonds is 10. The van der Waals surface area contributed by atoms with Crippen LogP contribution in [0.25, 0.3) is 0 Å². The average Bonchev–Trinajstić information content (AvgIpc) is 2.87. The SMILES string of the molecule is CCOC(=O)Oc1ccc(C=NNC(=O)CNC(=O)COc2ccc3c(c2)CCCC3)cc1OC. The summed E-state index contributed by atoms with van der Waals surface area (Å²) in [4.78, 5) is 35.4. The van der Waals surface area contributed by atoms with Crippen LogP contribution in [0, 0.1) is 0 Å². The van der Waals surface area contributed by atoms with Crippen LogP contribution in [0.4, 0.5) is 4.79 Å². The van der Waals surface area contributed by atoms with Gasteiger partial charge in [0.05, 0.1) is 26.5 Å². The van der Waals surface area contributed by atoms with Crippen LogP contribution < -0.4 is 25.0 Å². The lowest BCUT2D eigenvalue weighted by Crippen LogP contribution is -2.37. The van der Waals surface area contributed by atoms with Crippen LogP contribution in [0.1, 0.15) is 36.5 Å². The van der Waals surface area contributed by atoms with Gasteiger partial charge in [0.1, 0.15) is 5.75 Å². The van der Waals surface area contributed by atoms with Crippen molar-refractivity contribution in [3.63, 3.8) is 0 Å². The number of nitrogens with one attached hydrogen (secondary N) is 2. The highest BCUT2D eigenvalue weighted by molar-refractivity contribution is 5.87. The summed E-state index contributed by atoms with van der Waals surface area (Å²) in [5, 5.41) is 6.34. The number of fused-ring (bicyclic) bond motifs is 1. The summed E-state index contributed by atoms with van der Waals surface area (Å²) >= 11 is 0. The first-order chi connectivity index (χ1) is 17.0. The van der Waals surface area contributed by atoms with Crippen LogP contribution in [-0.2, 0) is 27.2 Å². The summed E-state index contributed by atoms with van der Waals surface area (Å²) in [5.74, 6) is 0.206. The lowest BCUT2D eigenvalue weighted by molar-refractivity contribution is -0.127. The molecule has 0 heterocycles. The van der Waals surface area contributed by atoms with Gasteiger partial charge in [-0.15, -0.1) is 0 Å². The number of carbonyl (C=O) groups excluding carboxylic acids is 3. The largest absolute Gasteiger partial charge is 0.513 e. The van der Waals surface area contributed by atoms with Gasteiger partial charge in [0.25, 0.3) is 11.8 Å².